The van der Waals surface area contributed by atoms with Crippen molar-refractivity contribution in [1.82, 2.24) is 14.3 Å². The lowest BCUT2D eigenvalue weighted by atomic mass is 10.4. The monoisotopic (exact) mass is 267 g/mol. The van der Waals surface area contributed by atoms with Gasteiger partial charge in [0.1, 0.15) is 0 Å². The van der Waals surface area contributed by atoms with Gasteiger partial charge in [0.25, 0.3) is 10.2 Å². The van der Waals surface area contributed by atoms with Crippen LogP contribution >= 0.6 is 0 Å². The second kappa shape index (κ2) is 7.59. The summed E-state index contributed by atoms with van der Waals surface area (Å²) in [5.41, 5.74) is 0. The Kier molecular flexibility index (Phi) is 7.28. The highest BCUT2D eigenvalue weighted by molar-refractivity contribution is 7.87. The van der Waals surface area contributed by atoms with Crippen LogP contribution in [0.15, 0.2) is 0 Å². The van der Waals surface area contributed by atoms with Gasteiger partial charge in [-0.1, -0.05) is 0 Å². The molecule has 0 saturated heterocycles. The second-order valence-electron chi connectivity index (χ2n) is 3.69. The van der Waals surface area contributed by atoms with Gasteiger partial charge in [0.05, 0.1) is 13.5 Å². The predicted octanol–water partition coefficient (Wildman–Crippen LogP) is -1.08. The highest BCUT2D eigenvalue weighted by Crippen LogP contribution is 1.97. The van der Waals surface area contributed by atoms with Crippen LogP contribution in [0.2, 0.25) is 0 Å². The molecule has 0 rings (SSSR count). The van der Waals surface area contributed by atoms with E-state index in [1.54, 1.807) is 7.05 Å². The third-order valence-corrected chi connectivity index (χ3v) is 3.87. The van der Waals surface area contributed by atoms with Gasteiger partial charge < -0.3 is 10.1 Å². The van der Waals surface area contributed by atoms with Crippen LogP contribution in [-0.2, 0) is 19.7 Å². The quantitative estimate of drug-likeness (QED) is 0.546. The topological polar surface area (TPSA) is 87.7 Å². The Morgan fingerprint density at radius 1 is 1.47 bits per heavy atom. The number of hydrogen-bond donors (Lipinski definition) is 2. The summed E-state index contributed by atoms with van der Waals surface area (Å²) in [6.45, 7) is 2.24. The summed E-state index contributed by atoms with van der Waals surface area (Å²) in [5, 5.41) is 2.92. The van der Waals surface area contributed by atoms with Crippen molar-refractivity contribution in [2.75, 3.05) is 34.3 Å². The van der Waals surface area contributed by atoms with E-state index in [-0.39, 0.29) is 19.0 Å². The third-order valence-electron chi connectivity index (χ3n) is 2.33. The Balaban J connectivity index is 4.16. The van der Waals surface area contributed by atoms with Gasteiger partial charge in [-0.15, -0.1) is 0 Å². The van der Waals surface area contributed by atoms with Gasteiger partial charge in [0.2, 0.25) is 0 Å². The molecular weight excluding hydrogens is 246 g/mol. The Bertz CT molecular complexity index is 331. The summed E-state index contributed by atoms with van der Waals surface area (Å²) in [6.07, 6.45) is 0.0372. The van der Waals surface area contributed by atoms with Gasteiger partial charge in [-0.2, -0.15) is 12.7 Å². The van der Waals surface area contributed by atoms with Crippen LogP contribution in [0.4, 0.5) is 0 Å². The van der Waals surface area contributed by atoms with Crippen molar-refractivity contribution < 1.29 is 17.9 Å². The maximum absolute atomic E-state index is 11.7. The van der Waals surface area contributed by atoms with Crippen molar-refractivity contribution in [1.29, 1.82) is 0 Å². The minimum absolute atomic E-state index is 0.0372. The van der Waals surface area contributed by atoms with Crippen molar-refractivity contribution in [2.24, 2.45) is 0 Å². The molecule has 0 spiro atoms. The molecule has 102 valence electrons. The van der Waals surface area contributed by atoms with E-state index in [9.17, 15) is 13.2 Å². The van der Waals surface area contributed by atoms with E-state index >= 15 is 0 Å². The number of methoxy groups -OCH3 is 1. The normalized spacial score (nSPS) is 13.7. The summed E-state index contributed by atoms with van der Waals surface area (Å²) in [4.78, 5) is 10.9. The van der Waals surface area contributed by atoms with Crippen molar-refractivity contribution in [3.63, 3.8) is 0 Å². The maximum Gasteiger partial charge on any atom is 0.306 e. The van der Waals surface area contributed by atoms with Crippen LogP contribution in [0.25, 0.3) is 0 Å². The van der Waals surface area contributed by atoms with Gasteiger partial charge in [-0.05, 0) is 14.0 Å². The highest BCUT2D eigenvalue weighted by atomic mass is 32.2. The molecule has 0 bridgehead atoms. The van der Waals surface area contributed by atoms with E-state index in [0.717, 1.165) is 4.31 Å². The molecule has 0 amide bonds. The van der Waals surface area contributed by atoms with E-state index in [1.165, 1.54) is 14.2 Å². The minimum Gasteiger partial charge on any atom is -0.469 e. The fourth-order valence-corrected chi connectivity index (χ4v) is 1.93. The number of esters is 1. The molecule has 0 aromatic carbocycles. The average Bonchev–Trinajstić information content (AvgIpc) is 2.32. The Morgan fingerprint density at radius 3 is 2.53 bits per heavy atom. The number of nitrogens with one attached hydrogen (secondary N) is 2. The number of likely N-dealkylation sites (N-methyl/N-ethyl adjacent to an activating group) is 1. The number of rotatable bonds is 8. The van der Waals surface area contributed by atoms with E-state index < -0.39 is 16.2 Å². The standard InChI is InChI=1S/C9H21N3O4S/c1-8(10-2)7-11-17(14,15)12(3)6-5-9(13)16-4/h8,10-11H,5-7H2,1-4H3. The number of nitrogens with zero attached hydrogens (tertiary/aromatic N) is 1. The molecule has 7 nitrogen and oxygen atoms in total. The number of ether oxygens (including phenoxy) is 1. The second-order valence-corrected chi connectivity index (χ2v) is 5.55. The highest BCUT2D eigenvalue weighted by Gasteiger charge is 2.18. The molecule has 0 aliphatic carbocycles. The lowest BCUT2D eigenvalue weighted by molar-refractivity contribution is -0.140. The van der Waals surface area contributed by atoms with E-state index in [0.29, 0.717) is 6.54 Å². The molecule has 0 heterocycles. The zero-order valence-electron chi connectivity index (χ0n) is 10.7. The van der Waals surface area contributed by atoms with Crippen LogP contribution in [0.1, 0.15) is 13.3 Å². The Hall–Kier alpha value is -0.700. The molecule has 1 atom stereocenters. The fourth-order valence-electron chi connectivity index (χ4n) is 0.914. The lowest BCUT2D eigenvalue weighted by Gasteiger charge is -2.18. The summed E-state index contributed by atoms with van der Waals surface area (Å²) in [6, 6.07) is 0.0405. The summed E-state index contributed by atoms with van der Waals surface area (Å²) in [7, 11) is 0.896. The van der Waals surface area contributed by atoms with Gasteiger partial charge in [0, 0.05) is 26.2 Å². The van der Waals surface area contributed by atoms with Crippen molar-refractivity contribution >= 4 is 16.2 Å². The average molecular weight is 267 g/mol. The molecule has 0 aliphatic heterocycles. The molecule has 0 aliphatic rings. The first-order valence-electron chi connectivity index (χ1n) is 5.28. The summed E-state index contributed by atoms with van der Waals surface area (Å²) < 4.78 is 31.3. The molecule has 0 aromatic rings. The Morgan fingerprint density at radius 2 is 2.06 bits per heavy atom. The Labute approximate surface area is 103 Å². The summed E-state index contributed by atoms with van der Waals surface area (Å²) in [5.74, 6) is -0.435. The maximum atomic E-state index is 11.7. The first-order chi connectivity index (χ1) is 7.83. The smallest absolute Gasteiger partial charge is 0.306 e. The van der Waals surface area contributed by atoms with Crippen LogP contribution < -0.4 is 10.0 Å². The molecule has 17 heavy (non-hydrogen) atoms. The van der Waals surface area contributed by atoms with Crippen LogP contribution in [-0.4, -0.2) is 59.0 Å². The largest absolute Gasteiger partial charge is 0.469 e. The van der Waals surface area contributed by atoms with E-state index in [2.05, 4.69) is 14.8 Å². The fraction of sp³-hybridized carbons (Fsp3) is 0.889. The molecule has 0 radical (unpaired) electrons. The first-order valence-corrected chi connectivity index (χ1v) is 6.72. The van der Waals surface area contributed by atoms with Crippen molar-refractivity contribution in [3.05, 3.63) is 0 Å². The van der Waals surface area contributed by atoms with Gasteiger partial charge in [-0.3, -0.25) is 4.79 Å². The minimum atomic E-state index is -3.53. The number of hydrogen-bond acceptors (Lipinski definition) is 5. The summed E-state index contributed by atoms with van der Waals surface area (Å²) >= 11 is 0. The SMILES string of the molecule is CNC(C)CNS(=O)(=O)N(C)CCC(=O)OC. The van der Waals surface area contributed by atoms with Crippen LogP contribution in [0.3, 0.4) is 0 Å². The zero-order valence-corrected chi connectivity index (χ0v) is 11.5. The van der Waals surface area contributed by atoms with Crippen molar-refractivity contribution in [2.45, 2.75) is 19.4 Å². The van der Waals surface area contributed by atoms with Crippen LogP contribution in [0, 0.1) is 0 Å². The molecule has 8 heteroatoms. The van der Waals surface area contributed by atoms with E-state index in [1.807, 2.05) is 6.92 Å². The molecule has 0 aromatic heterocycles. The van der Waals surface area contributed by atoms with Gasteiger partial charge >= 0.3 is 5.97 Å². The van der Waals surface area contributed by atoms with Gasteiger partial charge in [-0.25, -0.2) is 4.72 Å². The van der Waals surface area contributed by atoms with E-state index in [4.69, 9.17) is 0 Å². The first kappa shape index (κ1) is 16.3. The van der Waals surface area contributed by atoms with Crippen LogP contribution in [0.5, 0.6) is 0 Å². The lowest BCUT2D eigenvalue weighted by Crippen LogP contribution is -2.44. The van der Waals surface area contributed by atoms with Gasteiger partial charge in [0.15, 0.2) is 0 Å². The molecule has 0 fully saturated rings. The number of carbonyl (C=O) groups is 1. The van der Waals surface area contributed by atoms with Crippen molar-refractivity contribution in [3.8, 4) is 0 Å². The molecular formula is C9H21N3O4S. The molecule has 1 unspecified atom stereocenters. The molecule has 2 N–H and O–H groups in total. The molecule has 0 saturated carbocycles. The third kappa shape index (κ3) is 6.57. The predicted molar refractivity (Wildman–Crippen MR) is 64.7 cm³/mol. The zero-order chi connectivity index (χ0) is 13.5. The number of carbonyl (C=O) groups excluding carboxylic acids is 1.